The van der Waals surface area contributed by atoms with Crippen molar-refractivity contribution in [3.8, 4) is 0 Å². The number of aromatic nitrogens is 2. The second kappa shape index (κ2) is 6.90. The molecule has 104 valence electrons. The van der Waals surface area contributed by atoms with E-state index in [4.69, 9.17) is 5.73 Å². The molecule has 18 heavy (non-hydrogen) atoms. The lowest BCUT2D eigenvalue weighted by molar-refractivity contribution is 0.119. The lowest BCUT2D eigenvalue weighted by Crippen LogP contribution is -2.36. The summed E-state index contributed by atoms with van der Waals surface area (Å²) in [5.41, 5.74) is 6.68. The van der Waals surface area contributed by atoms with Crippen LogP contribution in [0.1, 0.15) is 51.8 Å². The van der Waals surface area contributed by atoms with Crippen LogP contribution in [0.3, 0.4) is 0 Å². The van der Waals surface area contributed by atoms with Crippen LogP contribution in [0.4, 0.5) is 0 Å². The Hall–Kier alpha value is -0.870. The fourth-order valence-corrected chi connectivity index (χ4v) is 2.28. The van der Waals surface area contributed by atoms with Crippen LogP contribution in [0.2, 0.25) is 0 Å². The first-order chi connectivity index (χ1) is 8.60. The third kappa shape index (κ3) is 3.56. The molecule has 3 N–H and O–H groups in total. The van der Waals surface area contributed by atoms with Crippen molar-refractivity contribution in [3.05, 3.63) is 18.0 Å². The minimum atomic E-state index is -0.205. The monoisotopic (exact) mass is 253 g/mol. The zero-order chi connectivity index (χ0) is 13.6. The number of rotatable bonds is 8. The van der Waals surface area contributed by atoms with E-state index in [9.17, 15) is 5.11 Å². The maximum Gasteiger partial charge on any atom is 0.0631 e. The summed E-state index contributed by atoms with van der Waals surface area (Å²) in [5.74, 6) is 0. The Morgan fingerprint density at radius 3 is 2.72 bits per heavy atom. The molecule has 0 saturated carbocycles. The van der Waals surface area contributed by atoms with E-state index in [1.165, 1.54) is 0 Å². The molecule has 1 rings (SSSR count). The molecule has 0 aliphatic heterocycles. The van der Waals surface area contributed by atoms with Crippen molar-refractivity contribution in [2.24, 2.45) is 11.1 Å². The van der Waals surface area contributed by atoms with Crippen LogP contribution >= 0.6 is 0 Å². The maximum atomic E-state index is 9.62. The average molecular weight is 253 g/mol. The molecule has 1 heterocycles. The van der Waals surface area contributed by atoms with Gasteiger partial charge in [0.25, 0.3) is 0 Å². The number of nitrogens with two attached hydrogens (primary N) is 1. The summed E-state index contributed by atoms with van der Waals surface area (Å²) in [5, 5.41) is 14.2. The van der Waals surface area contributed by atoms with E-state index in [-0.39, 0.29) is 12.0 Å². The Morgan fingerprint density at radius 2 is 2.22 bits per heavy atom. The molecule has 0 aliphatic rings. The lowest BCUT2D eigenvalue weighted by Gasteiger charge is -2.29. The average Bonchev–Trinajstić information content (AvgIpc) is 2.85. The van der Waals surface area contributed by atoms with Gasteiger partial charge in [-0.3, -0.25) is 4.68 Å². The van der Waals surface area contributed by atoms with Gasteiger partial charge in [0, 0.05) is 30.6 Å². The summed E-state index contributed by atoms with van der Waals surface area (Å²) in [6.45, 7) is 7.07. The molecule has 0 aromatic carbocycles. The van der Waals surface area contributed by atoms with E-state index in [1.807, 2.05) is 16.9 Å². The van der Waals surface area contributed by atoms with Gasteiger partial charge < -0.3 is 10.8 Å². The minimum absolute atomic E-state index is 0.132. The third-order valence-corrected chi connectivity index (χ3v) is 3.81. The molecule has 2 unspecified atom stereocenters. The van der Waals surface area contributed by atoms with Gasteiger partial charge in [-0.15, -0.1) is 0 Å². The van der Waals surface area contributed by atoms with Crippen LogP contribution in [-0.4, -0.2) is 28.0 Å². The molecule has 2 atom stereocenters. The largest absolute Gasteiger partial charge is 0.396 e. The van der Waals surface area contributed by atoms with E-state index in [1.54, 1.807) is 0 Å². The molecule has 4 nitrogen and oxygen atoms in total. The highest BCUT2D eigenvalue weighted by atomic mass is 16.3. The zero-order valence-electron chi connectivity index (χ0n) is 11.9. The van der Waals surface area contributed by atoms with Crippen molar-refractivity contribution in [2.45, 2.75) is 52.5 Å². The summed E-state index contributed by atoms with van der Waals surface area (Å²) < 4.78 is 2.00. The van der Waals surface area contributed by atoms with Crippen molar-refractivity contribution in [1.82, 2.24) is 9.78 Å². The predicted octanol–water partition coefficient (Wildman–Crippen LogP) is 2.13. The molecule has 4 heteroatoms. The second-order valence-electron chi connectivity index (χ2n) is 5.33. The van der Waals surface area contributed by atoms with Crippen LogP contribution < -0.4 is 5.73 Å². The van der Waals surface area contributed by atoms with Crippen molar-refractivity contribution >= 4 is 0 Å². The van der Waals surface area contributed by atoms with Crippen LogP contribution in [0.15, 0.2) is 12.3 Å². The Bertz CT molecular complexity index is 345. The van der Waals surface area contributed by atoms with E-state index in [2.05, 4.69) is 25.9 Å². The molecule has 0 radical (unpaired) electrons. The molecule has 0 fully saturated rings. The van der Waals surface area contributed by atoms with Gasteiger partial charge in [-0.2, -0.15) is 5.10 Å². The number of hydrogen-bond donors (Lipinski definition) is 2. The Kier molecular flexibility index (Phi) is 5.82. The van der Waals surface area contributed by atoms with Gasteiger partial charge in [0.05, 0.1) is 12.3 Å². The number of hydrogen-bond acceptors (Lipinski definition) is 3. The lowest BCUT2D eigenvalue weighted by atomic mass is 9.80. The molecule has 0 saturated heterocycles. The van der Waals surface area contributed by atoms with Gasteiger partial charge in [0.15, 0.2) is 0 Å². The molecule has 0 amide bonds. The van der Waals surface area contributed by atoms with Crippen molar-refractivity contribution in [2.75, 3.05) is 13.2 Å². The van der Waals surface area contributed by atoms with Gasteiger partial charge in [0.2, 0.25) is 0 Å². The summed E-state index contributed by atoms with van der Waals surface area (Å²) in [6, 6.07) is 2.47. The Labute approximate surface area is 110 Å². The first-order valence-electron chi connectivity index (χ1n) is 6.95. The zero-order valence-corrected chi connectivity index (χ0v) is 11.9. The second-order valence-corrected chi connectivity index (χ2v) is 5.33. The number of aliphatic hydroxyl groups is 1. The van der Waals surface area contributed by atoms with Crippen molar-refractivity contribution < 1.29 is 5.11 Å². The molecule has 1 aromatic heterocycles. The van der Waals surface area contributed by atoms with Crippen molar-refractivity contribution in [1.29, 1.82) is 0 Å². The summed E-state index contributed by atoms with van der Waals surface area (Å²) in [6.07, 6.45) is 5.82. The first kappa shape index (κ1) is 15.2. The van der Waals surface area contributed by atoms with Crippen LogP contribution in [-0.2, 0) is 6.42 Å². The standard InChI is InChI=1S/C14H27N3O/c1-4-7-14(10-15,11-18)9-13-6-8-17(16-13)12(3)5-2/h6,8,12,18H,4-5,7,9-11,15H2,1-3H3. The van der Waals surface area contributed by atoms with Gasteiger partial charge >= 0.3 is 0 Å². The Morgan fingerprint density at radius 1 is 1.50 bits per heavy atom. The predicted molar refractivity (Wildman–Crippen MR) is 74.4 cm³/mol. The summed E-state index contributed by atoms with van der Waals surface area (Å²) >= 11 is 0. The van der Waals surface area contributed by atoms with Gasteiger partial charge in [-0.25, -0.2) is 0 Å². The first-order valence-corrected chi connectivity index (χ1v) is 6.95. The van der Waals surface area contributed by atoms with Gasteiger partial charge in [0.1, 0.15) is 0 Å². The smallest absolute Gasteiger partial charge is 0.0631 e. The number of aliphatic hydroxyl groups excluding tert-OH is 1. The molecule has 1 aromatic rings. The van der Waals surface area contributed by atoms with Crippen LogP contribution in [0.25, 0.3) is 0 Å². The van der Waals surface area contributed by atoms with E-state index >= 15 is 0 Å². The highest BCUT2D eigenvalue weighted by molar-refractivity contribution is 5.04. The third-order valence-electron chi connectivity index (χ3n) is 3.81. The van der Waals surface area contributed by atoms with Crippen LogP contribution in [0, 0.1) is 5.41 Å². The number of nitrogens with zero attached hydrogens (tertiary/aromatic N) is 2. The minimum Gasteiger partial charge on any atom is -0.396 e. The maximum absolute atomic E-state index is 9.62. The molecular weight excluding hydrogens is 226 g/mol. The fraction of sp³-hybridized carbons (Fsp3) is 0.786. The molecule has 0 spiro atoms. The quantitative estimate of drug-likeness (QED) is 0.746. The van der Waals surface area contributed by atoms with E-state index < -0.39 is 0 Å². The molecule has 0 aliphatic carbocycles. The topological polar surface area (TPSA) is 64.1 Å². The summed E-state index contributed by atoms with van der Waals surface area (Å²) in [4.78, 5) is 0. The molecular formula is C14H27N3O. The molecule has 0 bridgehead atoms. The fourth-order valence-electron chi connectivity index (χ4n) is 2.28. The normalized spacial score (nSPS) is 16.5. The Balaban J connectivity index is 2.78. The SMILES string of the molecule is CCCC(CN)(CO)Cc1ccn(C(C)CC)n1. The van der Waals surface area contributed by atoms with E-state index in [0.717, 1.165) is 31.4 Å². The highest BCUT2D eigenvalue weighted by Gasteiger charge is 2.28. The van der Waals surface area contributed by atoms with Gasteiger partial charge in [-0.05, 0) is 25.8 Å². The van der Waals surface area contributed by atoms with Crippen molar-refractivity contribution in [3.63, 3.8) is 0 Å². The van der Waals surface area contributed by atoms with Gasteiger partial charge in [-0.1, -0.05) is 20.3 Å². The van der Waals surface area contributed by atoms with E-state index in [0.29, 0.717) is 12.6 Å². The summed E-state index contributed by atoms with van der Waals surface area (Å²) in [7, 11) is 0. The van der Waals surface area contributed by atoms with Crippen LogP contribution in [0.5, 0.6) is 0 Å². The highest BCUT2D eigenvalue weighted by Crippen LogP contribution is 2.27.